The minimum absolute atomic E-state index is 0.134. The lowest BCUT2D eigenvalue weighted by Gasteiger charge is -2.07. The van der Waals surface area contributed by atoms with Crippen LogP contribution in [0.1, 0.15) is 10.4 Å². The normalized spacial score (nSPS) is 9.65. The molecular formula is C12H13BrN2OS. The van der Waals surface area contributed by atoms with Crippen LogP contribution in [0.3, 0.4) is 0 Å². The number of hydrogen-bond acceptors (Lipinski definition) is 3. The van der Waals surface area contributed by atoms with Crippen LogP contribution in [-0.4, -0.2) is 24.0 Å². The SMILES string of the molecule is C#CCSCCNC(=O)c1cccc(N)c1Br. The molecule has 3 nitrogen and oxygen atoms in total. The molecule has 0 aliphatic rings. The average Bonchev–Trinajstić information content (AvgIpc) is 2.32. The van der Waals surface area contributed by atoms with E-state index in [0.29, 0.717) is 28.0 Å². The molecular weight excluding hydrogens is 300 g/mol. The van der Waals surface area contributed by atoms with E-state index in [2.05, 4.69) is 27.2 Å². The summed E-state index contributed by atoms with van der Waals surface area (Å²) in [5, 5.41) is 2.81. The second-order valence-corrected chi connectivity index (χ2v) is 5.12. The van der Waals surface area contributed by atoms with Gasteiger partial charge in [-0.2, -0.15) is 0 Å². The Hall–Kier alpha value is -1.12. The zero-order chi connectivity index (χ0) is 12.7. The van der Waals surface area contributed by atoms with Crippen molar-refractivity contribution in [3.8, 4) is 12.3 Å². The van der Waals surface area contributed by atoms with Crippen molar-refractivity contribution in [1.29, 1.82) is 0 Å². The van der Waals surface area contributed by atoms with Gasteiger partial charge in [0.2, 0.25) is 0 Å². The Morgan fingerprint density at radius 3 is 3.06 bits per heavy atom. The molecule has 1 amide bonds. The van der Waals surface area contributed by atoms with E-state index in [1.54, 1.807) is 30.0 Å². The zero-order valence-electron chi connectivity index (χ0n) is 9.20. The van der Waals surface area contributed by atoms with E-state index in [4.69, 9.17) is 12.2 Å². The summed E-state index contributed by atoms with van der Waals surface area (Å²) < 4.78 is 0.633. The van der Waals surface area contributed by atoms with Crippen molar-refractivity contribution < 1.29 is 4.79 Å². The molecule has 0 aliphatic carbocycles. The third kappa shape index (κ3) is 4.33. The highest BCUT2D eigenvalue weighted by molar-refractivity contribution is 9.10. The Morgan fingerprint density at radius 1 is 1.59 bits per heavy atom. The number of nitrogen functional groups attached to an aromatic ring is 1. The molecule has 0 aliphatic heterocycles. The molecule has 0 saturated heterocycles. The number of carbonyl (C=O) groups excluding carboxylic acids is 1. The van der Waals surface area contributed by atoms with E-state index < -0.39 is 0 Å². The molecule has 0 aromatic heterocycles. The monoisotopic (exact) mass is 312 g/mol. The van der Waals surface area contributed by atoms with Crippen molar-refractivity contribution in [2.24, 2.45) is 0 Å². The second-order valence-electron chi connectivity index (χ2n) is 3.22. The largest absolute Gasteiger partial charge is 0.398 e. The Morgan fingerprint density at radius 2 is 2.35 bits per heavy atom. The van der Waals surface area contributed by atoms with Crippen LogP contribution in [0.25, 0.3) is 0 Å². The van der Waals surface area contributed by atoms with Gasteiger partial charge in [-0.05, 0) is 28.1 Å². The summed E-state index contributed by atoms with van der Waals surface area (Å²) in [5.41, 5.74) is 6.80. The molecule has 1 aromatic carbocycles. The number of benzene rings is 1. The van der Waals surface area contributed by atoms with Crippen LogP contribution in [-0.2, 0) is 0 Å². The highest BCUT2D eigenvalue weighted by Gasteiger charge is 2.10. The molecule has 0 saturated carbocycles. The van der Waals surface area contributed by atoms with Crippen molar-refractivity contribution >= 4 is 39.3 Å². The predicted octanol–water partition coefficient (Wildman–Crippen LogP) is 2.13. The van der Waals surface area contributed by atoms with Crippen molar-refractivity contribution in [1.82, 2.24) is 5.32 Å². The quantitative estimate of drug-likeness (QED) is 0.497. The van der Waals surface area contributed by atoms with Crippen LogP contribution < -0.4 is 11.1 Å². The maximum absolute atomic E-state index is 11.8. The van der Waals surface area contributed by atoms with Gasteiger partial charge >= 0.3 is 0 Å². The summed E-state index contributed by atoms with van der Waals surface area (Å²) in [7, 11) is 0. The summed E-state index contributed by atoms with van der Waals surface area (Å²) in [5.74, 6) is 3.86. The van der Waals surface area contributed by atoms with Gasteiger partial charge in [0, 0.05) is 18.0 Å². The van der Waals surface area contributed by atoms with Gasteiger partial charge in [0.25, 0.3) is 5.91 Å². The van der Waals surface area contributed by atoms with Crippen LogP contribution >= 0.6 is 27.7 Å². The molecule has 0 radical (unpaired) electrons. The average molecular weight is 313 g/mol. The lowest BCUT2D eigenvalue weighted by molar-refractivity contribution is 0.0955. The Labute approximate surface area is 114 Å². The van der Waals surface area contributed by atoms with Crippen molar-refractivity contribution in [2.75, 3.05) is 23.8 Å². The number of terminal acetylenes is 1. The maximum atomic E-state index is 11.8. The predicted molar refractivity (Wildman–Crippen MR) is 77.0 cm³/mol. The number of hydrogen-bond donors (Lipinski definition) is 2. The number of anilines is 1. The van der Waals surface area contributed by atoms with Gasteiger partial charge in [0.1, 0.15) is 0 Å². The van der Waals surface area contributed by atoms with Crippen molar-refractivity contribution in [3.63, 3.8) is 0 Å². The Bertz CT molecular complexity index is 443. The summed E-state index contributed by atoms with van der Waals surface area (Å²) in [6, 6.07) is 5.22. The third-order valence-corrected chi connectivity index (χ3v) is 3.74. The fourth-order valence-corrected chi connectivity index (χ4v) is 2.14. The van der Waals surface area contributed by atoms with E-state index in [-0.39, 0.29) is 5.91 Å². The molecule has 0 heterocycles. The summed E-state index contributed by atoms with van der Waals surface area (Å²) in [6.07, 6.45) is 5.12. The smallest absolute Gasteiger partial charge is 0.252 e. The first-order chi connectivity index (χ1) is 8.16. The molecule has 3 N–H and O–H groups in total. The maximum Gasteiger partial charge on any atom is 0.252 e. The number of rotatable bonds is 5. The van der Waals surface area contributed by atoms with Crippen LogP contribution in [0.2, 0.25) is 0 Å². The molecule has 0 fully saturated rings. The molecule has 0 atom stereocenters. The summed E-state index contributed by atoms with van der Waals surface area (Å²) >= 11 is 4.91. The molecule has 1 rings (SSSR count). The topological polar surface area (TPSA) is 55.1 Å². The molecule has 5 heteroatoms. The number of nitrogens with one attached hydrogen (secondary N) is 1. The van der Waals surface area contributed by atoms with Gasteiger partial charge in [-0.15, -0.1) is 18.2 Å². The number of halogens is 1. The van der Waals surface area contributed by atoms with E-state index in [1.165, 1.54) is 0 Å². The number of nitrogens with two attached hydrogens (primary N) is 1. The second kappa shape index (κ2) is 7.25. The number of carbonyl (C=O) groups is 1. The van der Waals surface area contributed by atoms with Crippen molar-refractivity contribution in [2.45, 2.75) is 0 Å². The Kier molecular flexibility index (Phi) is 5.95. The highest BCUT2D eigenvalue weighted by atomic mass is 79.9. The van der Waals surface area contributed by atoms with E-state index >= 15 is 0 Å². The minimum Gasteiger partial charge on any atom is -0.398 e. The zero-order valence-corrected chi connectivity index (χ0v) is 11.6. The molecule has 90 valence electrons. The van der Waals surface area contributed by atoms with Crippen LogP contribution in [0.15, 0.2) is 22.7 Å². The summed E-state index contributed by atoms with van der Waals surface area (Å²) in [4.78, 5) is 11.8. The van der Waals surface area contributed by atoms with Crippen molar-refractivity contribution in [3.05, 3.63) is 28.2 Å². The van der Waals surface area contributed by atoms with E-state index in [0.717, 1.165) is 5.75 Å². The first-order valence-corrected chi connectivity index (χ1v) is 6.95. The molecule has 1 aromatic rings. The van der Waals surface area contributed by atoms with E-state index in [1.807, 2.05) is 0 Å². The van der Waals surface area contributed by atoms with E-state index in [9.17, 15) is 4.79 Å². The molecule has 17 heavy (non-hydrogen) atoms. The fraction of sp³-hybridized carbons (Fsp3) is 0.250. The fourth-order valence-electron chi connectivity index (χ4n) is 1.19. The standard InChI is InChI=1S/C12H13BrN2OS/c1-2-7-17-8-6-15-12(16)9-4-3-5-10(14)11(9)13/h1,3-5H,6-8,14H2,(H,15,16). The van der Waals surface area contributed by atoms with Gasteiger partial charge in [-0.1, -0.05) is 12.0 Å². The van der Waals surface area contributed by atoms with Gasteiger partial charge in [-0.3, -0.25) is 4.79 Å². The third-order valence-electron chi connectivity index (χ3n) is 1.99. The minimum atomic E-state index is -0.134. The van der Waals surface area contributed by atoms with Crippen LogP contribution in [0, 0.1) is 12.3 Å². The van der Waals surface area contributed by atoms with Gasteiger partial charge < -0.3 is 11.1 Å². The molecule has 0 bridgehead atoms. The first kappa shape index (κ1) is 13.9. The lowest BCUT2D eigenvalue weighted by atomic mass is 10.2. The van der Waals surface area contributed by atoms with Crippen LogP contribution in [0.5, 0.6) is 0 Å². The number of amides is 1. The van der Waals surface area contributed by atoms with Crippen LogP contribution in [0.4, 0.5) is 5.69 Å². The summed E-state index contributed by atoms with van der Waals surface area (Å²) in [6.45, 7) is 0.590. The number of thioether (sulfide) groups is 1. The van der Waals surface area contributed by atoms with Gasteiger partial charge in [0.05, 0.1) is 15.8 Å². The lowest BCUT2D eigenvalue weighted by Crippen LogP contribution is -2.26. The molecule has 0 unspecified atom stereocenters. The highest BCUT2D eigenvalue weighted by Crippen LogP contribution is 2.23. The van der Waals surface area contributed by atoms with Gasteiger partial charge in [-0.25, -0.2) is 0 Å². The first-order valence-electron chi connectivity index (χ1n) is 5.00. The van der Waals surface area contributed by atoms with Gasteiger partial charge in [0.15, 0.2) is 0 Å². The Balaban J connectivity index is 2.48. The molecule has 0 spiro atoms.